The van der Waals surface area contributed by atoms with Crippen molar-refractivity contribution >= 4 is 12.2 Å². The third-order valence-corrected chi connectivity index (χ3v) is 4.46. The Morgan fingerprint density at radius 2 is 1.84 bits per heavy atom. The number of carbonyl (C=O) groups is 1. The van der Waals surface area contributed by atoms with Crippen molar-refractivity contribution in [3.8, 4) is 17.6 Å². The van der Waals surface area contributed by atoms with Crippen LogP contribution >= 0.6 is 0 Å². The number of esters is 1. The Morgan fingerprint density at radius 1 is 1.13 bits per heavy atom. The van der Waals surface area contributed by atoms with Gasteiger partial charge in [0.2, 0.25) is 0 Å². The van der Waals surface area contributed by atoms with Gasteiger partial charge >= 0.3 is 5.97 Å². The zero-order valence-electron chi connectivity index (χ0n) is 17.0. The lowest BCUT2D eigenvalue weighted by Crippen LogP contribution is -2.22. The first-order valence-corrected chi connectivity index (χ1v) is 9.17. The van der Waals surface area contributed by atoms with Crippen molar-refractivity contribution in [1.82, 2.24) is 4.68 Å². The van der Waals surface area contributed by atoms with Crippen molar-refractivity contribution < 1.29 is 18.7 Å². The van der Waals surface area contributed by atoms with Crippen molar-refractivity contribution in [1.29, 1.82) is 5.26 Å². The molecule has 3 aromatic rings. The van der Waals surface area contributed by atoms with E-state index in [0.717, 1.165) is 4.68 Å². The SMILES string of the molecule is COc1cc(/C=N/n2c(C)cc(C)c(C#N)c2=O)ccc1OC(=O)c1ccc(F)cc1. The maximum atomic E-state index is 13.0. The molecule has 0 saturated carbocycles. The van der Waals surface area contributed by atoms with Gasteiger partial charge in [0.1, 0.15) is 17.4 Å². The second-order valence-electron chi connectivity index (χ2n) is 6.62. The van der Waals surface area contributed by atoms with Gasteiger partial charge in [0.25, 0.3) is 5.56 Å². The molecule has 8 heteroatoms. The number of hydrogen-bond donors (Lipinski definition) is 0. The monoisotopic (exact) mass is 419 g/mol. The van der Waals surface area contributed by atoms with Crippen LogP contribution in [0.2, 0.25) is 0 Å². The molecule has 0 N–H and O–H groups in total. The number of nitriles is 1. The molecule has 0 atom stereocenters. The van der Waals surface area contributed by atoms with E-state index in [2.05, 4.69) is 5.10 Å². The maximum absolute atomic E-state index is 13.0. The number of benzene rings is 2. The molecule has 0 radical (unpaired) electrons. The number of nitrogens with zero attached hydrogens (tertiary/aromatic N) is 3. The van der Waals surface area contributed by atoms with Crippen molar-refractivity contribution in [3.63, 3.8) is 0 Å². The molecule has 0 bridgehead atoms. The zero-order valence-corrected chi connectivity index (χ0v) is 17.0. The standard InChI is InChI=1S/C23H18FN3O4/c1-14-10-15(2)27(22(28)19(14)12-25)26-13-16-4-9-20(21(11-16)30-3)31-23(29)17-5-7-18(24)8-6-17/h4-11,13H,1-3H3/b26-13+. The van der Waals surface area contributed by atoms with Crippen molar-refractivity contribution in [3.05, 3.63) is 92.6 Å². The maximum Gasteiger partial charge on any atom is 0.343 e. The van der Waals surface area contributed by atoms with Crippen LogP contribution in [-0.4, -0.2) is 24.0 Å². The number of ether oxygens (including phenoxy) is 2. The van der Waals surface area contributed by atoms with Gasteiger partial charge in [0.15, 0.2) is 11.5 Å². The average molecular weight is 419 g/mol. The van der Waals surface area contributed by atoms with E-state index in [1.807, 2.05) is 6.07 Å². The number of carbonyl (C=O) groups excluding carboxylic acids is 1. The summed E-state index contributed by atoms with van der Waals surface area (Å²) in [6.45, 7) is 3.41. The number of halogens is 1. The van der Waals surface area contributed by atoms with Crippen LogP contribution in [0.3, 0.4) is 0 Å². The highest BCUT2D eigenvalue weighted by Crippen LogP contribution is 2.28. The number of rotatable bonds is 5. The zero-order chi connectivity index (χ0) is 22.5. The van der Waals surface area contributed by atoms with E-state index in [4.69, 9.17) is 9.47 Å². The van der Waals surface area contributed by atoms with Gasteiger partial charge in [-0.15, -0.1) is 0 Å². The third kappa shape index (κ3) is 4.67. The van der Waals surface area contributed by atoms with Gasteiger partial charge in [-0.05, 0) is 73.5 Å². The van der Waals surface area contributed by atoms with E-state index >= 15 is 0 Å². The van der Waals surface area contributed by atoms with Crippen LogP contribution < -0.4 is 15.0 Å². The molecule has 3 rings (SSSR count). The summed E-state index contributed by atoms with van der Waals surface area (Å²) in [7, 11) is 1.42. The first kappa shape index (κ1) is 21.5. The molecule has 0 spiro atoms. The lowest BCUT2D eigenvalue weighted by atomic mass is 10.1. The summed E-state index contributed by atoms with van der Waals surface area (Å²) in [4.78, 5) is 24.7. The highest BCUT2D eigenvalue weighted by Gasteiger charge is 2.13. The summed E-state index contributed by atoms with van der Waals surface area (Å²) in [6, 6.07) is 13.3. The predicted octanol–water partition coefficient (Wildman–Crippen LogP) is 3.59. The minimum Gasteiger partial charge on any atom is -0.493 e. The summed E-state index contributed by atoms with van der Waals surface area (Å²) < 4.78 is 24.8. The number of aryl methyl sites for hydroxylation is 2. The van der Waals surface area contributed by atoms with Gasteiger partial charge in [0, 0.05) is 5.69 Å². The van der Waals surface area contributed by atoms with E-state index in [9.17, 15) is 19.2 Å². The molecule has 1 heterocycles. The van der Waals surface area contributed by atoms with Gasteiger partial charge in [-0.25, -0.2) is 13.9 Å². The molecule has 2 aromatic carbocycles. The second kappa shape index (κ2) is 9.05. The van der Waals surface area contributed by atoms with Gasteiger partial charge in [0.05, 0.1) is 18.9 Å². The minimum absolute atomic E-state index is 0.0309. The van der Waals surface area contributed by atoms with E-state index in [-0.39, 0.29) is 22.6 Å². The largest absolute Gasteiger partial charge is 0.493 e. The Hall–Kier alpha value is -4.25. The number of pyridine rings is 1. The normalized spacial score (nSPS) is 10.7. The molecule has 0 aliphatic heterocycles. The highest BCUT2D eigenvalue weighted by molar-refractivity contribution is 5.91. The molecule has 0 unspecified atom stereocenters. The molecule has 0 amide bonds. The number of aromatic nitrogens is 1. The Bertz CT molecular complexity index is 1270. The Kier molecular flexibility index (Phi) is 6.26. The van der Waals surface area contributed by atoms with E-state index < -0.39 is 17.3 Å². The molecule has 0 aliphatic carbocycles. The molecule has 1 aromatic heterocycles. The fourth-order valence-electron chi connectivity index (χ4n) is 2.88. The Balaban J connectivity index is 1.87. The summed E-state index contributed by atoms with van der Waals surface area (Å²) in [5.74, 6) is -0.678. The summed E-state index contributed by atoms with van der Waals surface area (Å²) in [5.41, 5.74) is 1.46. The molecule has 0 saturated heterocycles. The number of methoxy groups -OCH3 is 1. The van der Waals surface area contributed by atoms with Crippen LogP contribution in [0, 0.1) is 31.0 Å². The molecular formula is C23H18FN3O4. The van der Waals surface area contributed by atoms with Crippen molar-refractivity contribution in [2.24, 2.45) is 5.10 Å². The van der Waals surface area contributed by atoms with Gasteiger partial charge < -0.3 is 9.47 Å². The molecule has 31 heavy (non-hydrogen) atoms. The van der Waals surface area contributed by atoms with Gasteiger partial charge in [-0.2, -0.15) is 10.4 Å². The van der Waals surface area contributed by atoms with E-state index in [1.165, 1.54) is 43.7 Å². The van der Waals surface area contributed by atoms with Crippen LogP contribution in [0.4, 0.5) is 4.39 Å². The topological polar surface area (TPSA) is 93.7 Å². The smallest absolute Gasteiger partial charge is 0.343 e. The lowest BCUT2D eigenvalue weighted by molar-refractivity contribution is 0.0729. The average Bonchev–Trinajstić information content (AvgIpc) is 2.74. The quantitative estimate of drug-likeness (QED) is 0.358. The van der Waals surface area contributed by atoms with Crippen LogP contribution in [0.25, 0.3) is 0 Å². The molecule has 0 fully saturated rings. The third-order valence-electron chi connectivity index (χ3n) is 4.46. The fourth-order valence-corrected chi connectivity index (χ4v) is 2.88. The Morgan fingerprint density at radius 3 is 2.48 bits per heavy atom. The number of hydrogen-bond acceptors (Lipinski definition) is 6. The van der Waals surface area contributed by atoms with Crippen LogP contribution in [0.15, 0.2) is 58.4 Å². The van der Waals surface area contributed by atoms with Crippen molar-refractivity contribution in [2.75, 3.05) is 7.11 Å². The first-order chi connectivity index (χ1) is 14.8. The van der Waals surface area contributed by atoms with Gasteiger partial charge in [-0.1, -0.05) is 0 Å². The van der Waals surface area contributed by atoms with E-state index in [0.29, 0.717) is 16.8 Å². The predicted molar refractivity (Wildman–Crippen MR) is 112 cm³/mol. The molecule has 7 nitrogen and oxygen atoms in total. The summed E-state index contributed by atoms with van der Waals surface area (Å²) in [5, 5.41) is 13.4. The molecule has 156 valence electrons. The van der Waals surface area contributed by atoms with Gasteiger partial charge in [-0.3, -0.25) is 4.79 Å². The lowest BCUT2D eigenvalue weighted by Gasteiger charge is -2.10. The molecule has 0 aliphatic rings. The summed E-state index contributed by atoms with van der Waals surface area (Å²) in [6.07, 6.45) is 1.43. The van der Waals surface area contributed by atoms with Crippen LogP contribution in [0.1, 0.15) is 32.7 Å². The van der Waals surface area contributed by atoms with Crippen molar-refractivity contribution in [2.45, 2.75) is 13.8 Å². The second-order valence-corrected chi connectivity index (χ2v) is 6.62. The Labute approximate surface area is 177 Å². The first-order valence-electron chi connectivity index (χ1n) is 9.17. The van der Waals surface area contributed by atoms with Crippen LogP contribution in [-0.2, 0) is 0 Å². The van der Waals surface area contributed by atoms with E-state index in [1.54, 1.807) is 32.0 Å². The fraction of sp³-hybridized carbons (Fsp3) is 0.130. The molecular weight excluding hydrogens is 401 g/mol. The van der Waals surface area contributed by atoms with Crippen LogP contribution in [0.5, 0.6) is 11.5 Å². The summed E-state index contributed by atoms with van der Waals surface area (Å²) >= 11 is 0. The minimum atomic E-state index is -0.661. The highest BCUT2D eigenvalue weighted by atomic mass is 19.1.